The van der Waals surface area contributed by atoms with Gasteiger partial charge in [0.2, 0.25) is 5.91 Å². The van der Waals surface area contributed by atoms with Crippen molar-refractivity contribution < 1.29 is 19.5 Å². The predicted molar refractivity (Wildman–Crippen MR) is 130 cm³/mol. The highest BCUT2D eigenvalue weighted by molar-refractivity contribution is 7.17. The first-order valence-electron chi connectivity index (χ1n) is 10.8. The van der Waals surface area contributed by atoms with Crippen LogP contribution < -0.4 is 0 Å². The summed E-state index contributed by atoms with van der Waals surface area (Å²) >= 11 is 7.61. The van der Waals surface area contributed by atoms with Crippen molar-refractivity contribution in [2.24, 2.45) is 0 Å². The standard InChI is InChI=1S/C25H25ClN2O4S/c1-25(11-13-28(25)23(31)19-6-9-21-18(15-19)10-14-33-21)24(32)27(12-2-3-22(29)30)16-17-4-7-20(26)8-5-17/h4-10,14-15H,2-3,11-13,16H2,1H3,(H,29,30). The smallest absolute Gasteiger partial charge is 0.303 e. The van der Waals surface area contributed by atoms with Crippen LogP contribution in [-0.2, 0) is 16.1 Å². The van der Waals surface area contributed by atoms with E-state index in [1.54, 1.807) is 40.2 Å². The molecule has 1 aromatic heterocycles. The van der Waals surface area contributed by atoms with E-state index < -0.39 is 11.5 Å². The summed E-state index contributed by atoms with van der Waals surface area (Å²) in [4.78, 5) is 41.3. The van der Waals surface area contributed by atoms with E-state index in [-0.39, 0.29) is 18.2 Å². The molecular weight excluding hydrogens is 460 g/mol. The van der Waals surface area contributed by atoms with Crippen LogP contribution >= 0.6 is 22.9 Å². The van der Waals surface area contributed by atoms with Crippen molar-refractivity contribution >= 4 is 50.8 Å². The third-order valence-corrected chi connectivity index (χ3v) is 7.37. The second-order valence-corrected chi connectivity index (χ2v) is 9.89. The lowest BCUT2D eigenvalue weighted by molar-refractivity contribution is -0.150. The first-order valence-corrected chi connectivity index (χ1v) is 12.1. The van der Waals surface area contributed by atoms with Crippen LogP contribution in [0.1, 0.15) is 42.1 Å². The molecule has 8 heteroatoms. The van der Waals surface area contributed by atoms with E-state index in [0.717, 1.165) is 15.6 Å². The van der Waals surface area contributed by atoms with E-state index in [1.807, 2.05) is 41.8 Å². The molecule has 33 heavy (non-hydrogen) atoms. The molecule has 0 aliphatic carbocycles. The van der Waals surface area contributed by atoms with Gasteiger partial charge in [0.05, 0.1) is 0 Å². The number of halogens is 1. The Kier molecular flexibility index (Phi) is 6.72. The van der Waals surface area contributed by atoms with Crippen LogP contribution in [0.3, 0.4) is 0 Å². The summed E-state index contributed by atoms with van der Waals surface area (Å²) in [6, 6.07) is 14.8. The molecule has 2 amide bonds. The molecule has 0 bridgehead atoms. The van der Waals surface area contributed by atoms with Gasteiger partial charge in [0.15, 0.2) is 0 Å². The second kappa shape index (κ2) is 9.53. The second-order valence-electron chi connectivity index (χ2n) is 8.50. The molecular formula is C25H25ClN2O4S. The molecule has 1 unspecified atom stereocenters. The molecule has 0 radical (unpaired) electrons. The van der Waals surface area contributed by atoms with Crippen LogP contribution in [0.4, 0.5) is 0 Å². The summed E-state index contributed by atoms with van der Waals surface area (Å²) in [7, 11) is 0. The monoisotopic (exact) mass is 484 g/mol. The number of rotatable bonds is 8. The minimum Gasteiger partial charge on any atom is -0.481 e. The highest BCUT2D eigenvalue weighted by Crippen LogP contribution is 2.35. The molecule has 1 N–H and O–H groups in total. The van der Waals surface area contributed by atoms with Crippen LogP contribution in [-0.4, -0.2) is 51.3 Å². The summed E-state index contributed by atoms with van der Waals surface area (Å²) in [6.07, 6.45) is 0.881. The van der Waals surface area contributed by atoms with Crippen molar-refractivity contribution in [1.82, 2.24) is 9.80 Å². The average molecular weight is 485 g/mol. The molecule has 0 saturated carbocycles. The minimum absolute atomic E-state index is 0.0234. The Morgan fingerprint density at radius 2 is 1.91 bits per heavy atom. The predicted octanol–water partition coefficient (Wildman–Crippen LogP) is 5.05. The summed E-state index contributed by atoms with van der Waals surface area (Å²) in [6.45, 7) is 2.93. The summed E-state index contributed by atoms with van der Waals surface area (Å²) in [5.41, 5.74) is 0.498. The zero-order valence-corrected chi connectivity index (χ0v) is 19.9. The molecule has 1 fully saturated rings. The average Bonchev–Trinajstić information content (AvgIpc) is 3.25. The molecule has 2 heterocycles. The summed E-state index contributed by atoms with van der Waals surface area (Å²) in [5.74, 6) is -1.23. The van der Waals surface area contributed by atoms with Crippen LogP contribution in [0.5, 0.6) is 0 Å². The number of nitrogens with zero attached hydrogens (tertiary/aromatic N) is 2. The van der Waals surface area contributed by atoms with Crippen LogP contribution in [0, 0.1) is 0 Å². The van der Waals surface area contributed by atoms with Crippen molar-refractivity contribution in [3.63, 3.8) is 0 Å². The van der Waals surface area contributed by atoms with Gasteiger partial charge < -0.3 is 14.9 Å². The first kappa shape index (κ1) is 23.3. The maximum absolute atomic E-state index is 13.7. The first-order chi connectivity index (χ1) is 15.8. The lowest BCUT2D eigenvalue weighted by Gasteiger charge is -2.51. The molecule has 1 saturated heterocycles. The molecule has 4 rings (SSSR count). The van der Waals surface area contributed by atoms with Gasteiger partial charge in [-0.25, -0.2) is 0 Å². The van der Waals surface area contributed by atoms with Gasteiger partial charge in [0.1, 0.15) is 5.54 Å². The lowest BCUT2D eigenvalue weighted by atomic mass is 9.84. The maximum atomic E-state index is 13.7. The van der Waals surface area contributed by atoms with E-state index in [4.69, 9.17) is 16.7 Å². The number of likely N-dealkylation sites (tertiary alicyclic amines) is 1. The van der Waals surface area contributed by atoms with Crippen LogP contribution in [0.25, 0.3) is 10.1 Å². The molecule has 0 spiro atoms. The fourth-order valence-corrected chi connectivity index (χ4v) is 5.08. The summed E-state index contributed by atoms with van der Waals surface area (Å²) < 4.78 is 1.11. The quantitative estimate of drug-likeness (QED) is 0.485. The number of carbonyl (C=O) groups is 3. The Hall–Kier alpha value is -2.90. The Morgan fingerprint density at radius 1 is 1.15 bits per heavy atom. The minimum atomic E-state index is -0.962. The Morgan fingerprint density at radius 3 is 2.58 bits per heavy atom. The lowest BCUT2D eigenvalue weighted by Crippen LogP contribution is -2.67. The highest BCUT2D eigenvalue weighted by Gasteiger charge is 2.51. The number of fused-ring (bicyclic) bond motifs is 1. The van der Waals surface area contributed by atoms with Gasteiger partial charge in [-0.1, -0.05) is 23.7 Å². The van der Waals surface area contributed by atoms with Crippen LogP contribution in [0.15, 0.2) is 53.9 Å². The Bertz CT molecular complexity index is 1190. The van der Waals surface area contributed by atoms with Gasteiger partial charge in [-0.2, -0.15) is 0 Å². The number of aliphatic carboxylic acids is 1. The topological polar surface area (TPSA) is 77.9 Å². The fourth-order valence-electron chi connectivity index (χ4n) is 4.19. The number of carboxylic acid groups (broad SMARTS) is 1. The van der Waals surface area contributed by atoms with Gasteiger partial charge in [0.25, 0.3) is 5.91 Å². The molecule has 1 aliphatic rings. The Balaban J connectivity index is 1.54. The van der Waals surface area contributed by atoms with E-state index in [0.29, 0.717) is 43.1 Å². The SMILES string of the molecule is CC1(C(=O)N(CCCC(=O)O)Cc2ccc(Cl)cc2)CCN1C(=O)c1ccc2sccc2c1. The van der Waals surface area contributed by atoms with Crippen molar-refractivity contribution in [3.05, 3.63) is 70.1 Å². The molecule has 2 aromatic carbocycles. The molecule has 6 nitrogen and oxygen atoms in total. The number of amides is 2. The van der Waals surface area contributed by atoms with Gasteiger partial charge >= 0.3 is 5.97 Å². The molecule has 3 aromatic rings. The van der Waals surface area contributed by atoms with Crippen molar-refractivity contribution in [2.75, 3.05) is 13.1 Å². The third kappa shape index (κ3) is 4.89. The summed E-state index contributed by atoms with van der Waals surface area (Å²) in [5, 5.41) is 12.6. The van der Waals surface area contributed by atoms with E-state index in [2.05, 4.69) is 0 Å². The van der Waals surface area contributed by atoms with E-state index >= 15 is 0 Å². The van der Waals surface area contributed by atoms with Gasteiger partial charge in [-0.05, 0) is 72.5 Å². The number of carbonyl (C=O) groups excluding carboxylic acids is 2. The zero-order valence-electron chi connectivity index (χ0n) is 18.3. The Labute approximate surface area is 201 Å². The normalized spacial score (nSPS) is 17.6. The fraction of sp³-hybridized carbons (Fsp3) is 0.320. The maximum Gasteiger partial charge on any atom is 0.303 e. The number of carboxylic acids is 1. The van der Waals surface area contributed by atoms with Crippen molar-refractivity contribution in [3.8, 4) is 0 Å². The zero-order chi connectivity index (χ0) is 23.6. The molecule has 1 atom stereocenters. The third-order valence-electron chi connectivity index (χ3n) is 6.22. The number of benzene rings is 2. The van der Waals surface area contributed by atoms with E-state index in [9.17, 15) is 14.4 Å². The number of hydrogen-bond acceptors (Lipinski definition) is 4. The molecule has 1 aliphatic heterocycles. The largest absolute Gasteiger partial charge is 0.481 e. The highest BCUT2D eigenvalue weighted by atomic mass is 35.5. The molecule has 172 valence electrons. The number of thiophene rings is 1. The number of hydrogen-bond donors (Lipinski definition) is 1. The van der Waals surface area contributed by atoms with E-state index in [1.165, 1.54) is 0 Å². The van der Waals surface area contributed by atoms with Crippen molar-refractivity contribution in [1.29, 1.82) is 0 Å². The van der Waals surface area contributed by atoms with Gasteiger partial charge in [-0.15, -0.1) is 11.3 Å². The van der Waals surface area contributed by atoms with Gasteiger partial charge in [-0.3, -0.25) is 14.4 Å². The van der Waals surface area contributed by atoms with Crippen LogP contribution in [0.2, 0.25) is 5.02 Å². The van der Waals surface area contributed by atoms with Gasteiger partial charge in [0, 0.05) is 41.3 Å². The van der Waals surface area contributed by atoms with Crippen molar-refractivity contribution in [2.45, 2.75) is 38.3 Å².